The van der Waals surface area contributed by atoms with E-state index in [-0.39, 0.29) is 5.82 Å². The molecule has 3 nitrogen and oxygen atoms in total. The Morgan fingerprint density at radius 3 is 2.94 bits per heavy atom. The number of aromatic nitrogens is 1. The highest BCUT2D eigenvalue weighted by Crippen LogP contribution is 2.31. The number of anilines is 1. The van der Waals surface area contributed by atoms with Gasteiger partial charge in [-0.25, -0.2) is 9.37 Å². The molecule has 1 N–H and O–H groups in total. The maximum Gasteiger partial charge on any atom is 0.141 e. The summed E-state index contributed by atoms with van der Waals surface area (Å²) in [5, 5.41) is 3.29. The molecule has 0 amide bonds. The number of hydrogen-bond acceptors (Lipinski definition) is 3. The van der Waals surface area contributed by atoms with E-state index in [2.05, 4.69) is 15.2 Å². The van der Waals surface area contributed by atoms with E-state index in [4.69, 9.17) is 0 Å². The van der Waals surface area contributed by atoms with Crippen LogP contribution in [-0.2, 0) is 0 Å². The van der Waals surface area contributed by atoms with Crippen LogP contribution in [-0.4, -0.2) is 35.6 Å². The predicted molar refractivity (Wildman–Crippen MR) is 65.4 cm³/mol. The zero-order chi connectivity index (χ0) is 11.7. The molecule has 1 aliphatic carbocycles. The summed E-state index contributed by atoms with van der Waals surface area (Å²) in [4.78, 5) is 6.61. The molecule has 1 aromatic heterocycles. The summed E-state index contributed by atoms with van der Waals surface area (Å²) in [5.74, 6) is 1.20. The van der Waals surface area contributed by atoms with Crippen molar-refractivity contribution in [1.82, 2.24) is 9.88 Å². The Bertz CT molecular complexity index is 375. The van der Waals surface area contributed by atoms with Crippen molar-refractivity contribution >= 4 is 5.82 Å². The van der Waals surface area contributed by atoms with Gasteiger partial charge in [-0.3, -0.25) is 0 Å². The van der Waals surface area contributed by atoms with E-state index in [0.29, 0.717) is 5.92 Å². The minimum atomic E-state index is -0.281. The van der Waals surface area contributed by atoms with Crippen molar-refractivity contribution in [2.24, 2.45) is 5.92 Å². The Balaban J connectivity index is 1.46. The highest BCUT2D eigenvalue weighted by atomic mass is 19.1. The van der Waals surface area contributed by atoms with Crippen LogP contribution in [0.15, 0.2) is 18.3 Å². The number of rotatable bonds is 4. The molecule has 0 bridgehead atoms. The Morgan fingerprint density at radius 2 is 2.24 bits per heavy atom. The first-order valence-electron chi connectivity index (χ1n) is 6.41. The van der Waals surface area contributed by atoms with E-state index in [1.165, 1.54) is 44.6 Å². The molecule has 3 rings (SSSR count). The van der Waals surface area contributed by atoms with Gasteiger partial charge in [-0.2, -0.15) is 0 Å². The number of halogens is 1. The predicted octanol–water partition coefficient (Wildman–Crippen LogP) is 2.12. The largest absolute Gasteiger partial charge is 0.370 e. The first kappa shape index (κ1) is 11.0. The minimum Gasteiger partial charge on any atom is -0.370 e. The maximum absolute atomic E-state index is 12.7. The molecule has 2 heterocycles. The van der Waals surface area contributed by atoms with E-state index in [0.717, 1.165) is 18.4 Å². The SMILES string of the molecule is Fc1ccc(NCC2CCN(C3CC3)C2)nc1. The van der Waals surface area contributed by atoms with Gasteiger partial charge in [0.05, 0.1) is 6.20 Å². The number of hydrogen-bond donors (Lipinski definition) is 1. The lowest BCUT2D eigenvalue weighted by molar-refractivity contribution is 0.316. The quantitative estimate of drug-likeness (QED) is 0.866. The van der Waals surface area contributed by atoms with Crippen LogP contribution >= 0.6 is 0 Å². The van der Waals surface area contributed by atoms with E-state index >= 15 is 0 Å². The van der Waals surface area contributed by atoms with E-state index in [1.807, 2.05) is 0 Å². The fourth-order valence-electron chi connectivity index (χ4n) is 2.53. The number of nitrogens with zero attached hydrogens (tertiary/aromatic N) is 2. The molecule has 1 atom stereocenters. The molecular weight excluding hydrogens is 217 g/mol. The molecule has 92 valence electrons. The molecule has 4 heteroatoms. The molecule has 1 saturated heterocycles. The van der Waals surface area contributed by atoms with Gasteiger partial charge in [-0.15, -0.1) is 0 Å². The zero-order valence-electron chi connectivity index (χ0n) is 9.90. The topological polar surface area (TPSA) is 28.2 Å². The first-order chi connectivity index (χ1) is 8.31. The average Bonchev–Trinajstić information content (AvgIpc) is 3.09. The van der Waals surface area contributed by atoms with Gasteiger partial charge < -0.3 is 10.2 Å². The summed E-state index contributed by atoms with van der Waals surface area (Å²) in [5.41, 5.74) is 0. The van der Waals surface area contributed by atoms with Crippen LogP contribution in [0.1, 0.15) is 19.3 Å². The van der Waals surface area contributed by atoms with E-state index in [9.17, 15) is 4.39 Å². The third-order valence-electron chi connectivity index (χ3n) is 3.68. The van der Waals surface area contributed by atoms with Crippen molar-refractivity contribution in [2.45, 2.75) is 25.3 Å². The molecule has 0 radical (unpaired) electrons. The van der Waals surface area contributed by atoms with Crippen molar-refractivity contribution in [3.63, 3.8) is 0 Å². The fourth-order valence-corrected chi connectivity index (χ4v) is 2.53. The summed E-state index contributed by atoms with van der Waals surface area (Å²) in [6.45, 7) is 3.40. The lowest BCUT2D eigenvalue weighted by atomic mass is 10.1. The summed E-state index contributed by atoms with van der Waals surface area (Å²) in [6.07, 6.45) is 5.30. The zero-order valence-corrected chi connectivity index (χ0v) is 9.90. The number of likely N-dealkylation sites (tertiary alicyclic amines) is 1. The second-order valence-corrected chi connectivity index (χ2v) is 5.12. The molecule has 1 aliphatic heterocycles. The van der Waals surface area contributed by atoms with Crippen LogP contribution in [0.4, 0.5) is 10.2 Å². The monoisotopic (exact) mass is 235 g/mol. The molecule has 1 saturated carbocycles. The van der Waals surface area contributed by atoms with Crippen molar-refractivity contribution < 1.29 is 4.39 Å². The molecule has 1 aromatic rings. The molecule has 0 aromatic carbocycles. The van der Waals surface area contributed by atoms with Gasteiger partial charge in [0.25, 0.3) is 0 Å². The van der Waals surface area contributed by atoms with Crippen molar-refractivity contribution in [3.05, 3.63) is 24.1 Å². The lowest BCUT2D eigenvalue weighted by Gasteiger charge is -2.15. The summed E-state index contributed by atoms with van der Waals surface area (Å²) in [7, 11) is 0. The van der Waals surface area contributed by atoms with Gasteiger partial charge in [-0.1, -0.05) is 0 Å². The van der Waals surface area contributed by atoms with Gasteiger partial charge in [0.2, 0.25) is 0 Å². The van der Waals surface area contributed by atoms with Crippen LogP contribution in [0.25, 0.3) is 0 Å². The Morgan fingerprint density at radius 1 is 1.35 bits per heavy atom. The standard InChI is InChI=1S/C13H18FN3/c14-11-1-4-13(16-8-11)15-7-10-5-6-17(9-10)12-2-3-12/h1,4,8,10,12H,2-3,5-7,9H2,(H,15,16). The molecular formula is C13H18FN3. The minimum absolute atomic E-state index is 0.281. The third-order valence-corrected chi connectivity index (χ3v) is 3.68. The molecule has 2 aliphatic rings. The number of nitrogens with one attached hydrogen (secondary N) is 1. The second-order valence-electron chi connectivity index (χ2n) is 5.12. The number of pyridine rings is 1. The van der Waals surface area contributed by atoms with E-state index < -0.39 is 0 Å². The summed E-state index contributed by atoms with van der Waals surface area (Å²) < 4.78 is 12.7. The van der Waals surface area contributed by atoms with Crippen molar-refractivity contribution in [2.75, 3.05) is 25.0 Å². The molecule has 0 spiro atoms. The van der Waals surface area contributed by atoms with Crippen LogP contribution in [0.2, 0.25) is 0 Å². The van der Waals surface area contributed by atoms with Gasteiger partial charge in [0, 0.05) is 19.1 Å². The maximum atomic E-state index is 12.7. The fraction of sp³-hybridized carbons (Fsp3) is 0.615. The third kappa shape index (κ3) is 2.75. The first-order valence-corrected chi connectivity index (χ1v) is 6.41. The van der Waals surface area contributed by atoms with Crippen molar-refractivity contribution in [1.29, 1.82) is 0 Å². The van der Waals surface area contributed by atoms with Gasteiger partial charge in [0.1, 0.15) is 11.6 Å². The summed E-state index contributed by atoms with van der Waals surface area (Å²) >= 11 is 0. The lowest BCUT2D eigenvalue weighted by Crippen LogP contribution is -2.24. The Kier molecular flexibility index (Phi) is 2.97. The van der Waals surface area contributed by atoms with Gasteiger partial charge in [-0.05, 0) is 43.9 Å². The second kappa shape index (κ2) is 4.61. The Hall–Kier alpha value is -1.16. The van der Waals surface area contributed by atoms with Crippen LogP contribution in [0, 0.1) is 11.7 Å². The van der Waals surface area contributed by atoms with Crippen LogP contribution in [0.3, 0.4) is 0 Å². The normalized spacial score (nSPS) is 25.1. The molecule has 2 fully saturated rings. The van der Waals surface area contributed by atoms with Gasteiger partial charge >= 0.3 is 0 Å². The highest BCUT2D eigenvalue weighted by molar-refractivity contribution is 5.33. The summed E-state index contributed by atoms with van der Waals surface area (Å²) in [6, 6.07) is 4.02. The average molecular weight is 235 g/mol. The van der Waals surface area contributed by atoms with Crippen LogP contribution < -0.4 is 5.32 Å². The van der Waals surface area contributed by atoms with Gasteiger partial charge in [0.15, 0.2) is 0 Å². The highest BCUT2D eigenvalue weighted by Gasteiger charge is 2.34. The van der Waals surface area contributed by atoms with E-state index in [1.54, 1.807) is 6.07 Å². The Labute approximate surface area is 101 Å². The van der Waals surface area contributed by atoms with Crippen LogP contribution in [0.5, 0.6) is 0 Å². The molecule has 17 heavy (non-hydrogen) atoms. The molecule has 1 unspecified atom stereocenters. The van der Waals surface area contributed by atoms with Crippen molar-refractivity contribution in [3.8, 4) is 0 Å². The smallest absolute Gasteiger partial charge is 0.141 e.